The van der Waals surface area contributed by atoms with E-state index in [4.69, 9.17) is 10.5 Å². The molecule has 0 unspecified atom stereocenters. The number of aromatic nitrogens is 1. The largest absolute Gasteiger partial charge is 0.465 e. The number of carbonyl (C=O) groups excluding carboxylic acids is 1. The average molecular weight is 249 g/mol. The van der Waals surface area contributed by atoms with E-state index < -0.39 is 0 Å². The summed E-state index contributed by atoms with van der Waals surface area (Å²) in [6.07, 6.45) is 3.22. The minimum absolute atomic E-state index is 0.322. The Morgan fingerprint density at radius 2 is 2.22 bits per heavy atom. The first-order valence-electron chi connectivity index (χ1n) is 5.63. The van der Waals surface area contributed by atoms with E-state index in [0.717, 1.165) is 17.0 Å². The van der Waals surface area contributed by atoms with Crippen molar-refractivity contribution in [1.29, 1.82) is 0 Å². The number of nitrogens with zero attached hydrogens (tertiary/aromatic N) is 2. The molecule has 0 aliphatic rings. The molecule has 5 heteroatoms. The average Bonchev–Trinajstić information content (AvgIpc) is 2.64. The van der Waals surface area contributed by atoms with Crippen LogP contribution in [0.5, 0.6) is 0 Å². The van der Waals surface area contributed by atoms with E-state index in [0.29, 0.717) is 12.1 Å². The molecule has 0 aliphatic carbocycles. The van der Waals surface area contributed by atoms with Crippen molar-refractivity contribution in [3.05, 3.63) is 34.8 Å². The summed E-state index contributed by atoms with van der Waals surface area (Å²) in [7, 11) is 3.07. The minimum atomic E-state index is -0.322. The van der Waals surface area contributed by atoms with Gasteiger partial charge in [-0.1, -0.05) is 0 Å². The molecular weight excluding hydrogens is 230 g/mol. The number of nitrogens with two attached hydrogens (primary N) is 1. The number of hydrogen-bond acceptors (Lipinski definition) is 4. The molecule has 1 aromatic heterocycles. The van der Waals surface area contributed by atoms with Gasteiger partial charge in [-0.15, -0.1) is 0 Å². The number of allylic oxidation sites excluding steroid dienone is 1. The molecule has 0 radical (unpaired) electrons. The van der Waals surface area contributed by atoms with Crippen molar-refractivity contribution in [3.8, 4) is 0 Å². The Balaban J connectivity index is 3.11. The molecule has 2 N–H and O–H groups in total. The maximum atomic E-state index is 11.6. The van der Waals surface area contributed by atoms with Crippen molar-refractivity contribution in [1.82, 2.24) is 4.57 Å². The van der Waals surface area contributed by atoms with E-state index in [-0.39, 0.29) is 5.97 Å². The zero-order chi connectivity index (χ0) is 13.7. The van der Waals surface area contributed by atoms with Gasteiger partial charge in [-0.2, -0.15) is 0 Å². The normalized spacial score (nSPS) is 12.1. The number of hydrogen-bond donors (Lipinski definition) is 1. The maximum absolute atomic E-state index is 11.6. The van der Waals surface area contributed by atoms with Gasteiger partial charge in [0.25, 0.3) is 0 Å². The molecule has 98 valence electrons. The van der Waals surface area contributed by atoms with E-state index in [1.807, 2.05) is 24.5 Å². The summed E-state index contributed by atoms with van der Waals surface area (Å²) in [5.74, 6) is -0.322. The fraction of sp³-hybridized carbons (Fsp3) is 0.385. The predicted octanol–water partition coefficient (Wildman–Crippen LogP) is 1.43. The number of methoxy groups -OCH3 is 1. The van der Waals surface area contributed by atoms with E-state index >= 15 is 0 Å². The highest BCUT2D eigenvalue weighted by molar-refractivity contribution is 5.91. The Bertz CT molecular complexity index is 499. The molecule has 0 aromatic carbocycles. The molecule has 0 fully saturated rings. The number of aryl methyl sites for hydroxylation is 1. The number of esters is 1. The van der Waals surface area contributed by atoms with Gasteiger partial charge >= 0.3 is 5.97 Å². The van der Waals surface area contributed by atoms with Crippen molar-refractivity contribution in [2.45, 2.75) is 20.4 Å². The molecule has 0 amide bonds. The zero-order valence-corrected chi connectivity index (χ0v) is 11.2. The van der Waals surface area contributed by atoms with Crippen molar-refractivity contribution >= 4 is 12.2 Å². The van der Waals surface area contributed by atoms with Crippen LogP contribution in [0.3, 0.4) is 0 Å². The summed E-state index contributed by atoms with van der Waals surface area (Å²) in [5.41, 5.74) is 8.86. The lowest BCUT2D eigenvalue weighted by Gasteiger charge is -2.09. The molecule has 1 aromatic rings. The fourth-order valence-corrected chi connectivity index (χ4v) is 1.85. The zero-order valence-electron chi connectivity index (χ0n) is 11.2. The molecule has 1 rings (SSSR count). The van der Waals surface area contributed by atoms with E-state index in [9.17, 15) is 4.79 Å². The van der Waals surface area contributed by atoms with Gasteiger partial charge in [0.15, 0.2) is 0 Å². The lowest BCUT2D eigenvalue weighted by molar-refractivity contribution is 0.0600. The van der Waals surface area contributed by atoms with Gasteiger partial charge in [-0.05, 0) is 19.9 Å². The van der Waals surface area contributed by atoms with Crippen molar-refractivity contribution in [2.75, 3.05) is 14.2 Å². The van der Waals surface area contributed by atoms with E-state index in [2.05, 4.69) is 4.99 Å². The Kier molecular flexibility index (Phi) is 4.71. The molecule has 0 saturated carbocycles. The van der Waals surface area contributed by atoms with Crippen LogP contribution < -0.4 is 5.73 Å². The number of aliphatic imine (C=N–C) groups is 1. The molecule has 1 heterocycles. The molecule has 0 spiro atoms. The SMILES string of the molecule is CN=CC(=CN)Cn1c(C)cc(C(=O)OC)c1C. The first-order valence-corrected chi connectivity index (χ1v) is 5.63. The minimum Gasteiger partial charge on any atom is -0.465 e. The first kappa shape index (κ1) is 14.0. The molecule has 0 bridgehead atoms. The fourth-order valence-electron chi connectivity index (χ4n) is 1.85. The van der Waals surface area contributed by atoms with Gasteiger partial charge in [0.2, 0.25) is 0 Å². The van der Waals surface area contributed by atoms with Crippen LogP contribution in [0.2, 0.25) is 0 Å². The summed E-state index contributed by atoms with van der Waals surface area (Å²) in [6, 6.07) is 1.82. The second-order valence-corrected chi connectivity index (χ2v) is 3.99. The molecule has 18 heavy (non-hydrogen) atoms. The second kappa shape index (κ2) is 6.05. The van der Waals surface area contributed by atoms with Gasteiger partial charge in [-0.25, -0.2) is 4.79 Å². The number of rotatable bonds is 4. The van der Waals surface area contributed by atoms with Crippen LogP contribution in [0.1, 0.15) is 21.7 Å². The quantitative estimate of drug-likeness (QED) is 0.648. The Labute approximate surface area is 107 Å². The van der Waals surface area contributed by atoms with E-state index in [1.54, 1.807) is 13.3 Å². The standard InChI is InChI=1S/C13H19N3O2/c1-9-5-12(13(17)18-4)10(2)16(9)8-11(6-14)7-15-3/h5-7H,8,14H2,1-4H3. The summed E-state index contributed by atoms with van der Waals surface area (Å²) in [4.78, 5) is 15.5. The van der Waals surface area contributed by atoms with Gasteiger partial charge < -0.3 is 15.0 Å². The van der Waals surface area contributed by atoms with Gasteiger partial charge in [0.1, 0.15) is 0 Å². The second-order valence-electron chi connectivity index (χ2n) is 3.99. The number of ether oxygens (including phenoxy) is 1. The van der Waals surface area contributed by atoms with Crippen LogP contribution in [0.4, 0.5) is 0 Å². The van der Waals surface area contributed by atoms with E-state index in [1.165, 1.54) is 13.3 Å². The lowest BCUT2D eigenvalue weighted by atomic mass is 10.2. The summed E-state index contributed by atoms with van der Waals surface area (Å²) >= 11 is 0. The van der Waals surface area contributed by atoms with Crippen LogP contribution in [-0.2, 0) is 11.3 Å². The summed E-state index contributed by atoms with van der Waals surface area (Å²) < 4.78 is 6.75. The maximum Gasteiger partial charge on any atom is 0.339 e. The highest BCUT2D eigenvalue weighted by Crippen LogP contribution is 2.17. The smallest absolute Gasteiger partial charge is 0.339 e. The molecule has 5 nitrogen and oxygen atoms in total. The predicted molar refractivity (Wildman–Crippen MR) is 71.9 cm³/mol. The molecule has 0 aliphatic heterocycles. The van der Waals surface area contributed by atoms with Gasteiger partial charge in [0, 0.05) is 36.4 Å². The Morgan fingerprint density at radius 3 is 2.72 bits per heavy atom. The van der Waals surface area contributed by atoms with Crippen molar-refractivity contribution < 1.29 is 9.53 Å². The number of carbonyl (C=O) groups is 1. The monoisotopic (exact) mass is 249 g/mol. The van der Waals surface area contributed by atoms with Gasteiger partial charge in [-0.3, -0.25) is 4.99 Å². The van der Waals surface area contributed by atoms with Crippen LogP contribution in [-0.4, -0.2) is 30.9 Å². The highest BCUT2D eigenvalue weighted by atomic mass is 16.5. The van der Waals surface area contributed by atoms with Crippen LogP contribution >= 0.6 is 0 Å². The molecular formula is C13H19N3O2. The first-order chi connectivity index (χ1) is 8.54. The third kappa shape index (κ3) is 2.80. The Hall–Kier alpha value is -2.04. The summed E-state index contributed by atoms with van der Waals surface area (Å²) in [6.45, 7) is 4.41. The third-order valence-electron chi connectivity index (χ3n) is 2.83. The highest BCUT2D eigenvalue weighted by Gasteiger charge is 2.16. The lowest BCUT2D eigenvalue weighted by Crippen LogP contribution is -2.09. The van der Waals surface area contributed by atoms with Crippen LogP contribution in [0.25, 0.3) is 0 Å². The van der Waals surface area contributed by atoms with Crippen LogP contribution in [0.15, 0.2) is 22.8 Å². The topological polar surface area (TPSA) is 69.6 Å². The van der Waals surface area contributed by atoms with Gasteiger partial charge in [0.05, 0.1) is 19.2 Å². The summed E-state index contributed by atoms with van der Waals surface area (Å²) in [5, 5.41) is 0. The van der Waals surface area contributed by atoms with Crippen molar-refractivity contribution in [2.24, 2.45) is 10.7 Å². The Morgan fingerprint density at radius 1 is 1.56 bits per heavy atom. The molecule has 0 saturated heterocycles. The van der Waals surface area contributed by atoms with Crippen LogP contribution in [0, 0.1) is 13.8 Å². The molecule has 0 atom stereocenters. The van der Waals surface area contributed by atoms with Crippen molar-refractivity contribution in [3.63, 3.8) is 0 Å². The third-order valence-corrected chi connectivity index (χ3v) is 2.83.